The van der Waals surface area contributed by atoms with Crippen LogP contribution in [0.5, 0.6) is 0 Å². The van der Waals surface area contributed by atoms with Crippen LogP contribution >= 0.6 is 0 Å². The van der Waals surface area contributed by atoms with Crippen molar-refractivity contribution in [2.24, 2.45) is 0 Å². The molecule has 0 saturated heterocycles. The molecule has 1 aromatic heterocycles. The number of hydrogen-bond donors (Lipinski definition) is 1. The van der Waals surface area contributed by atoms with E-state index in [-0.39, 0.29) is 5.91 Å². The van der Waals surface area contributed by atoms with Gasteiger partial charge in [0.1, 0.15) is 6.54 Å². The zero-order chi connectivity index (χ0) is 14.8. The molecule has 3 nitrogen and oxygen atoms in total. The Hall–Kier alpha value is -2.55. The lowest BCUT2D eigenvalue weighted by Crippen LogP contribution is -2.19. The molecule has 0 atom stereocenters. The maximum absolute atomic E-state index is 12.2. The Morgan fingerprint density at radius 2 is 1.76 bits per heavy atom. The summed E-state index contributed by atoms with van der Waals surface area (Å²) in [6.07, 6.45) is 0. The number of aromatic nitrogens is 1. The van der Waals surface area contributed by atoms with Crippen molar-refractivity contribution >= 4 is 22.5 Å². The van der Waals surface area contributed by atoms with Crippen molar-refractivity contribution in [3.63, 3.8) is 0 Å². The topological polar surface area (TPSA) is 34.0 Å². The highest BCUT2D eigenvalue weighted by Gasteiger charge is 2.09. The molecule has 1 N–H and O–H groups in total. The van der Waals surface area contributed by atoms with E-state index in [2.05, 4.69) is 17.4 Å². The fourth-order valence-electron chi connectivity index (χ4n) is 2.54. The van der Waals surface area contributed by atoms with Gasteiger partial charge in [-0.25, -0.2) is 0 Å². The second-order valence-electron chi connectivity index (χ2n) is 5.34. The van der Waals surface area contributed by atoms with Gasteiger partial charge >= 0.3 is 0 Å². The van der Waals surface area contributed by atoms with Crippen LogP contribution in [0.3, 0.4) is 0 Å². The Balaban J connectivity index is 1.80. The first kappa shape index (κ1) is 13.4. The molecule has 3 aromatic rings. The second kappa shape index (κ2) is 5.44. The second-order valence-corrected chi connectivity index (χ2v) is 5.34. The summed E-state index contributed by atoms with van der Waals surface area (Å²) >= 11 is 0. The third-order valence-electron chi connectivity index (χ3n) is 3.65. The number of anilines is 1. The van der Waals surface area contributed by atoms with E-state index in [1.807, 2.05) is 60.9 Å². The van der Waals surface area contributed by atoms with Crippen LogP contribution in [0.2, 0.25) is 0 Å². The lowest BCUT2D eigenvalue weighted by molar-refractivity contribution is -0.116. The molecule has 0 aliphatic carbocycles. The number of amides is 1. The fourth-order valence-corrected chi connectivity index (χ4v) is 2.54. The number of hydrogen-bond acceptors (Lipinski definition) is 1. The first-order chi connectivity index (χ1) is 10.1. The van der Waals surface area contributed by atoms with Gasteiger partial charge in [0.25, 0.3) is 0 Å². The summed E-state index contributed by atoms with van der Waals surface area (Å²) < 4.78 is 2.04. The highest BCUT2D eigenvalue weighted by atomic mass is 16.1. The molecular formula is C18H18N2O. The number of rotatable bonds is 3. The van der Waals surface area contributed by atoms with Gasteiger partial charge in [-0.15, -0.1) is 0 Å². The summed E-state index contributed by atoms with van der Waals surface area (Å²) in [6.45, 7) is 4.38. The van der Waals surface area contributed by atoms with Crippen LogP contribution in [0.1, 0.15) is 11.3 Å². The molecule has 0 fully saturated rings. The smallest absolute Gasteiger partial charge is 0.244 e. The van der Waals surface area contributed by atoms with Gasteiger partial charge in [-0.05, 0) is 43.5 Å². The molecule has 0 spiro atoms. The molecule has 0 aliphatic rings. The zero-order valence-corrected chi connectivity index (χ0v) is 12.3. The normalized spacial score (nSPS) is 10.8. The summed E-state index contributed by atoms with van der Waals surface area (Å²) in [5, 5.41) is 4.10. The number of aryl methyl sites for hydroxylation is 2. The van der Waals surface area contributed by atoms with Crippen LogP contribution in [-0.2, 0) is 11.3 Å². The number of benzene rings is 2. The van der Waals surface area contributed by atoms with Gasteiger partial charge in [-0.3, -0.25) is 4.79 Å². The minimum absolute atomic E-state index is 0.0108. The van der Waals surface area contributed by atoms with E-state index in [1.54, 1.807) is 0 Å². The first-order valence-electron chi connectivity index (χ1n) is 7.05. The molecule has 0 aliphatic heterocycles. The third-order valence-corrected chi connectivity index (χ3v) is 3.65. The minimum Gasteiger partial charge on any atom is -0.335 e. The molecule has 3 rings (SSSR count). The van der Waals surface area contributed by atoms with Crippen LogP contribution in [0.25, 0.3) is 10.9 Å². The average Bonchev–Trinajstić information content (AvgIpc) is 2.78. The Labute approximate surface area is 124 Å². The number of nitrogens with one attached hydrogen (secondary N) is 1. The quantitative estimate of drug-likeness (QED) is 0.774. The monoisotopic (exact) mass is 278 g/mol. The van der Waals surface area contributed by atoms with Crippen molar-refractivity contribution in [3.05, 3.63) is 65.9 Å². The predicted octanol–water partition coefficient (Wildman–Crippen LogP) is 3.90. The van der Waals surface area contributed by atoms with Crippen molar-refractivity contribution < 1.29 is 4.79 Å². The molecule has 0 unspecified atom stereocenters. The summed E-state index contributed by atoms with van der Waals surface area (Å²) in [7, 11) is 0. The molecule has 1 heterocycles. The van der Waals surface area contributed by atoms with E-state index in [4.69, 9.17) is 0 Å². The summed E-state index contributed by atoms with van der Waals surface area (Å²) in [4.78, 5) is 12.2. The summed E-state index contributed by atoms with van der Waals surface area (Å²) in [5.74, 6) is -0.0108. The van der Waals surface area contributed by atoms with E-state index in [1.165, 1.54) is 5.56 Å². The van der Waals surface area contributed by atoms with Gasteiger partial charge in [0.2, 0.25) is 5.91 Å². The van der Waals surface area contributed by atoms with Gasteiger partial charge in [0.15, 0.2) is 0 Å². The van der Waals surface area contributed by atoms with Crippen molar-refractivity contribution in [3.8, 4) is 0 Å². The molecular weight excluding hydrogens is 260 g/mol. The SMILES string of the molecule is Cc1ccc(NC(=O)Cn2c(C)cc3ccccc32)cc1. The standard InChI is InChI=1S/C18H18N2O/c1-13-7-9-16(10-8-13)19-18(21)12-20-14(2)11-15-5-3-4-6-17(15)20/h3-11H,12H2,1-2H3,(H,19,21). The highest BCUT2D eigenvalue weighted by Crippen LogP contribution is 2.19. The van der Waals surface area contributed by atoms with Gasteiger partial charge in [-0.2, -0.15) is 0 Å². The summed E-state index contributed by atoms with van der Waals surface area (Å²) in [6, 6.07) is 18.1. The van der Waals surface area contributed by atoms with Crippen molar-refractivity contribution in [2.75, 3.05) is 5.32 Å². The average molecular weight is 278 g/mol. The van der Waals surface area contributed by atoms with Crippen molar-refractivity contribution in [2.45, 2.75) is 20.4 Å². The molecule has 0 bridgehead atoms. The van der Waals surface area contributed by atoms with Crippen LogP contribution in [0.4, 0.5) is 5.69 Å². The maximum Gasteiger partial charge on any atom is 0.244 e. The predicted molar refractivity (Wildman–Crippen MR) is 86.5 cm³/mol. The van der Waals surface area contributed by atoms with E-state index >= 15 is 0 Å². The zero-order valence-electron chi connectivity index (χ0n) is 12.3. The van der Waals surface area contributed by atoms with Crippen LogP contribution in [-0.4, -0.2) is 10.5 Å². The van der Waals surface area contributed by atoms with E-state index in [9.17, 15) is 4.79 Å². The molecule has 106 valence electrons. The third kappa shape index (κ3) is 2.82. The number of carbonyl (C=O) groups is 1. The molecule has 2 aromatic carbocycles. The molecule has 1 amide bonds. The van der Waals surface area contributed by atoms with E-state index in [0.29, 0.717) is 6.54 Å². The number of fused-ring (bicyclic) bond motifs is 1. The minimum atomic E-state index is -0.0108. The molecule has 0 radical (unpaired) electrons. The Morgan fingerprint density at radius 1 is 1.05 bits per heavy atom. The van der Waals surface area contributed by atoms with E-state index < -0.39 is 0 Å². The summed E-state index contributed by atoms with van der Waals surface area (Å²) in [5.41, 5.74) is 4.20. The molecule has 21 heavy (non-hydrogen) atoms. The van der Waals surface area contributed by atoms with Gasteiger partial charge in [-0.1, -0.05) is 35.9 Å². The number of para-hydroxylation sites is 1. The van der Waals surface area contributed by atoms with Crippen LogP contribution in [0, 0.1) is 13.8 Å². The van der Waals surface area contributed by atoms with Gasteiger partial charge in [0.05, 0.1) is 0 Å². The largest absolute Gasteiger partial charge is 0.335 e. The maximum atomic E-state index is 12.2. The van der Waals surface area contributed by atoms with Gasteiger partial charge in [0, 0.05) is 16.9 Å². The van der Waals surface area contributed by atoms with Crippen LogP contribution < -0.4 is 5.32 Å². The van der Waals surface area contributed by atoms with E-state index in [0.717, 1.165) is 22.3 Å². The van der Waals surface area contributed by atoms with Crippen LogP contribution in [0.15, 0.2) is 54.6 Å². The number of carbonyl (C=O) groups excluding carboxylic acids is 1. The molecule has 0 saturated carbocycles. The van der Waals surface area contributed by atoms with Crippen molar-refractivity contribution in [1.29, 1.82) is 0 Å². The Kier molecular flexibility index (Phi) is 3.48. The molecule has 3 heteroatoms. The fraction of sp³-hybridized carbons (Fsp3) is 0.167. The Bertz CT molecular complexity index is 785. The lowest BCUT2D eigenvalue weighted by Gasteiger charge is -2.09. The lowest BCUT2D eigenvalue weighted by atomic mass is 10.2. The first-order valence-corrected chi connectivity index (χ1v) is 7.05. The number of nitrogens with zero attached hydrogens (tertiary/aromatic N) is 1. The highest BCUT2D eigenvalue weighted by molar-refractivity contribution is 5.92. The Morgan fingerprint density at radius 3 is 2.52 bits per heavy atom. The van der Waals surface area contributed by atoms with Crippen molar-refractivity contribution in [1.82, 2.24) is 4.57 Å². The van der Waals surface area contributed by atoms with Gasteiger partial charge < -0.3 is 9.88 Å².